The number of hydrogen-bond donors (Lipinski definition) is 3. The standard InChI is InChI=1S/C20H24N4O/c1-3-14(2)18(19-22-16-11-7-8-12-17(16)23-19)24-20(25)21-13-15-9-5-4-6-10-15/h4-12,14,18H,3,13H2,1-2H3,(H,22,23)(H2,21,24,25)/t14-,18-/m1/s1. The zero-order valence-corrected chi connectivity index (χ0v) is 14.6. The van der Waals surface area contributed by atoms with E-state index in [1.54, 1.807) is 0 Å². The van der Waals surface area contributed by atoms with Crippen LogP contribution in [0.15, 0.2) is 54.6 Å². The summed E-state index contributed by atoms with van der Waals surface area (Å²) in [7, 11) is 0. The third-order valence-electron chi connectivity index (χ3n) is 4.50. The number of para-hydroxylation sites is 2. The van der Waals surface area contributed by atoms with E-state index in [0.717, 1.165) is 28.8 Å². The van der Waals surface area contributed by atoms with Crippen LogP contribution in [-0.2, 0) is 6.54 Å². The minimum Gasteiger partial charge on any atom is -0.340 e. The van der Waals surface area contributed by atoms with Crippen molar-refractivity contribution < 1.29 is 4.79 Å². The average molecular weight is 336 g/mol. The van der Waals surface area contributed by atoms with Crippen LogP contribution >= 0.6 is 0 Å². The molecule has 0 bridgehead atoms. The Morgan fingerprint density at radius 1 is 1.12 bits per heavy atom. The van der Waals surface area contributed by atoms with Gasteiger partial charge in [0.1, 0.15) is 5.82 Å². The summed E-state index contributed by atoms with van der Waals surface area (Å²) >= 11 is 0. The maximum atomic E-state index is 12.4. The molecule has 3 aromatic rings. The van der Waals surface area contributed by atoms with E-state index in [2.05, 4.69) is 34.4 Å². The normalized spacial score (nSPS) is 13.4. The summed E-state index contributed by atoms with van der Waals surface area (Å²) < 4.78 is 0. The van der Waals surface area contributed by atoms with Gasteiger partial charge in [-0.15, -0.1) is 0 Å². The Morgan fingerprint density at radius 2 is 1.84 bits per heavy atom. The first-order chi connectivity index (χ1) is 12.2. The second kappa shape index (κ2) is 7.83. The topological polar surface area (TPSA) is 69.8 Å². The molecule has 0 saturated heterocycles. The van der Waals surface area contributed by atoms with Gasteiger partial charge in [0, 0.05) is 6.54 Å². The summed E-state index contributed by atoms with van der Waals surface area (Å²) in [5.41, 5.74) is 2.97. The Labute approximate surface area is 147 Å². The van der Waals surface area contributed by atoms with Crippen LogP contribution in [0, 0.1) is 5.92 Å². The number of rotatable bonds is 6. The van der Waals surface area contributed by atoms with Crippen LogP contribution in [0.5, 0.6) is 0 Å². The van der Waals surface area contributed by atoms with E-state index in [4.69, 9.17) is 0 Å². The fraction of sp³-hybridized carbons (Fsp3) is 0.300. The summed E-state index contributed by atoms with van der Waals surface area (Å²) in [6.45, 7) is 4.74. The van der Waals surface area contributed by atoms with Crippen LogP contribution in [0.2, 0.25) is 0 Å². The van der Waals surface area contributed by atoms with Gasteiger partial charge in [-0.25, -0.2) is 9.78 Å². The van der Waals surface area contributed by atoms with Gasteiger partial charge in [0.15, 0.2) is 0 Å². The highest BCUT2D eigenvalue weighted by atomic mass is 16.2. The largest absolute Gasteiger partial charge is 0.340 e. The van der Waals surface area contributed by atoms with Gasteiger partial charge in [-0.2, -0.15) is 0 Å². The molecule has 3 rings (SSSR count). The van der Waals surface area contributed by atoms with Crippen molar-refractivity contribution in [2.24, 2.45) is 5.92 Å². The second-order valence-electron chi connectivity index (χ2n) is 6.32. The lowest BCUT2D eigenvalue weighted by atomic mass is 9.99. The number of urea groups is 1. The van der Waals surface area contributed by atoms with Crippen molar-refractivity contribution in [3.63, 3.8) is 0 Å². The molecular formula is C20H24N4O. The van der Waals surface area contributed by atoms with Crippen LogP contribution in [0.1, 0.15) is 37.7 Å². The number of aromatic amines is 1. The number of carbonyl (C=O) groups is 1. The molecule has 2 aromatic carbocycles. The predicted molar refractivity (Wildman–Crippen MR) is 100 cm³/mol. The van der Waals surface area contributed by atoms with E-state index < -0.39 is 0 Å². The molecule has 0 spiro atoms. The van der Waals surface area contributed by atoms with Gasteiger partial charge in [-0.05, 0) is 23.6 Å². The molecule has 0 unspecified atom stereocenters. The maximum absolute atomic E-state index is 12.4. The minimum atomic E-state index is -0.186. The molecule has 0 aliphatic heterocycles. The monoisotopic (exact) mass is 336 g/mol. The molecule has 2 amide bonds. The number of nitrogens with zero attached hydrogens (tertiary/aromatic N) is 1. The van der Waals surface area contributed by atoms with Gasteiger partial charge < -0.3 is 15.6 Å². The molecule has 1 aromatic heterocycles. The molecule has 0 aliphatic carbocycles. The van der Waals surface area contributed by atoms with Crippen molar-refractivity contribution >= 4 is 17.1 Å². The third kappa shape index (κ3) is 4.18. The first-order valence-electron chi connectivity index (χ1n) is 8.70. The van der Waals surface area contributed by atoms with Crippen LogP contribution < -0.4 is 10.6 Å². The maximum Gasteiger partial charge on any atom is 0.315 e. The summed E-state index contributed by atoms with van der Waals surface area (Å²) in [6, 6.07) is 17.4. The zero-order valence-electron chi connectivity index (χ0n) is 14.6. The number of hydrogen-bond acceptors (Lipinski definition) is 2. The molecule has 25 heavy (non-hydrogen) atoms. The summed E-state index contributed by atoms with van der Waals surface area (Å²) in [6.07, 6.45) is 0.945. The molecular weight excluding hydrogens is 312 g/mol. The van der Waals surface area contributed by atoms with Crippen molar-refractivity contribution in [1.29, 1.82) is 0 Å². The van der Waals surface area contributed by atoms with E-state index in [-0.39, 0.29) is 18.0 Å². The molecule has 1 heterocycles. The first-order valence-corrected chi connectivity index (χ1v) is 8.70. The average Bonchev–Trinajstić information content (AvgIpc) is 3.08. The molecule has 5 nitrogen and oxygen atoms in total. The lowest BCUT2D eigenvalue weighted by molar-refractivity contribution is 0.230. The van der Waals surface area contributed by atoms with Gasteiger partial charge in [0.25, 0.3) is 0 Å². The summed E-state index contributed by atoms with van der Waals surface area (Å²) in [4.78, 5) is 20.4. The molecule has 0 fully saturated rings. The first kappa shape index (κ1) is 17.0. The number of amides is 2. The summed E-state index contributed by atoms with van der Waals surface area (Å²) in [5, 5.41) is 5.99. The second-order valence-corrected chi connectivity index (χ2v) is 6.32. The molecule has 2 atom stereocenters. The molecule has 3 N–H and O–H groups in total. The third-order valence-corrected chi connectivity index (χ3v) is 4.50. The molecule has 0 radical (unpaired) electrons. The minimum absolute atomic E-state index is 0.159. The highest BCUT2D eigenvalue weighted by molar-refractivity contribution is 5.76. The Morgan fingerprint density at radius 3 is 2.56 bits per heavy atom. The summed E-state index contributed by atoms with van der Waals surface area (Å²) in [5.74, 6) is 1.06. The van der Waals surface area contributed by atoms with Crippen molar-refractivity contribution in [3.05, 3.63) is 66.0 Å². The zero-order chi connectivity index (χ0) is 17.6. The number of aromatic nitrogens is 2. The van der Waals surface area contributed by atoms with Crippen molar-refractivity contribution in [2.45, 2.75) is 32.9 Å². The molecule has 0 saturated carbocycles. The van der Waals surface area contributed by atoms with Gasteiger partial charge in [0.05, 0.1) is 17.1 Å². The number of fused-ring (bicyclic) bond motifs is 1. The smallest absolute Gasteiger partial charge is 0.315 e. The van der Waals surface area contributed by atoms with Crippen molar-refractivity contribution in [2.75, 3.05) is 0 Å². The van der Waals surface area contributed by atoms with Crippen molar-refractivity contribution in [3.8, 4) is 0 Å². The SMILES string of the molecule is CC[C@@H](C)[C@@H](NC(=O)NCc1ccccc1)c1nc2ccccc2[nH]1. The Bertz CT molecular complexity index is 795. The predicted octanol–water partition coefficient (Wildman–Crippen LogP) is 4.15. The number of carbonyl (C=O) groups excluding carboxylic acids is 1. The van der Waals surface area contributed by atoms with Gasteiger partial charge in [-0.1, -0.05) is 62.7 Å². The van der Waals surface area contributed by atoms with Crippen LogP contribution in [0.4, 0.5) is 4.79 Å². The van der Waals surface area contributed by atoms with E-state index in [1.165, 1.54) is 0 Å². The molecule has 0 aliphatic rings. The Kier molecular flexibility index (Phi) is 5.33. The van der Waals surface area contributed by atoms with E-state index in [0.29, 0.717) is 6.54 Å². The van der Waals surface area contributed by atoms with E-state index >= 15 is 0 Å². The fourth-order valence-corrected chi connectivity index (χ4v) is 2.81. The Balaban J connectivity index is 1.71. The lowest BCUT2D eigenvalue weighted by Gasteiger charge is -2.22. The van der Waals surface area contributed by atoms with Crippen LogP contribution in [0.25, 0.3) is 11.0 Å². The highest BCUT2D eigenvalue weighted by Crippen LogP contribution is 2.24. The van der Waals surface area contributed by atoms with Crippen LogP contribution in [-0.4, -0.2) is 16.0 Å². The fourth-order valence-electron chi connectivity index (χ4n) is 2.81. The molecule has 5 heteroatoms. The van der Waals surface area contributed by atoms with E-state index in [9.17, 15) is 4.79 Å². The quantitative estimate of drug-likeness (QED) is 0.633. The number of benzene rings is 2. The van der Waals surface area contributed by atoms with Crippen molar-refractivity contribution in [1.82, 2.24) is 20.6 Å². The number of nitrogens with one attached hydrogen (secondary N) is 3. The number of imidazole rings is 1. The van der Waals surface area contributed by atoms with Gasteiger partial charge >= 0.3 is 6.03 Å². The van der Waals surface area contributed by atoms with Gasteiger partial charge in [-0.3, -0.25) is 0 Å². The lowest BCUT2D eigenvalue weighted by Crippen LogP contribution is -2.40. The molecule has 130 valence electrons. The number of H-pyrrole nitrogens is 1. The van der Waals surface area contributed by atoms with E-state index in [1.807, 2.05) is 54.6 Å². The Hall–Kier alpha value is -2.82. The van der Waals surface area contributed by atoms with Gasteiger partial charge in [0.2, 0.25) is 0 Å². The van der Waals surface area contributed by atoms with Crippen LogP contribution in [0.3, 0.4) is 0 Å². The highest BCUT2D eigenvalue weighted by Gasteiger charge is 2.23.